The molecule has 2 unspecified atom stereocenters. The van der Waals surface area contributed by atoms with E-state index in [1.807, 2.05) is 35.2 Å². The Bertz CT molecular complexity index is 515. The molecule has 0 radical (unpaired) electrons. The van der Waals surface area contributed by atoms with Gasteiger partial charge in [-0.25, -0.2) is 0 Å². The molecular formula is C17H25N3O3. The van der Waals surface area contributed by atoms with Gasteiger partial charge in [-0.2, -0.15) is 0 Å². The Morgan fingerprint density at radius 3 is 2.52 bits per heavy atom. The summed E-state index contributed by atoms with van der Waals surface area (Å²) in [6.45, 7) is 1.63. The maximum Gasteiger partial charge on any atom is 0.245 e. The molecule has 1 aromatic rings. The molecule has 1 aromatic carbocycles. The molecule has 1 aliphatic rings. The predicted molar refractivity (Wildman–Crippen MR) is 87.7 cm³/mol. The number of benzene rings is 1. The molecule has 6 nitrogen and oxygen atoms in total. The zero-order valence-corrected chi connectivity index (χ0v) is 13.5. The summed E-state index contributed by atoms with van der Waals surface area (Å²) in [7, 11) is 1.49. The van der Waals surface area contributed by atoms with Crippen LogP contribution in [0.1, 0.15) is 18.4 Å². The molecule has 0 aliphatic carbocycles. The van der Waals surface area contributed by atoms with Crippen molar-refractivity contribution in [2.24, 2.45) is 5.73 Å². The fraction of sp³-hybridized carbons (Fsp3) is 0.529. The van der Waals surface area contributed by atoms with Gasteiger partial charge in [0.15, 0.2) is 0 Å². The standard InChI is InChI=1S/C17H25N3O3/c1-23-12-14(18)16(21)19-15(11-13-7-3-2-4-8-13)17(22)20-9-5-6-10-20/h2-4,7-8,14-15H,5-6,9-12,18H2,1H3,(H,19,21). The number of carbonyl (C=O) groups is 2. The van der Waals surface area contributed by atoms with Crippen molar-refractivity contribution >= 4 is 11.8 Å². The number of nitrogens with one attached hydrogen (secondary N) is 1. The van der Waals surface area contributed by atoms with Gasteiger partial charge in [0.1, 0.15) is 12.1 Å². The number of rotatable bonds is 7. The fourth-order valence-electron chi connectivity index (χ4n) is 2.74. The Balaban J connectivity index is 2.07. The van der Waals surface area contributed by atoms with E-state index in [9.17, 15) is 9.59 Å². The molecule has 126 valence electrons. The van der Waals surface area contributed by atoms with E-state index in [0.29, 0.717) is 6.42 Å². The van der Waals surface area contributed by atoms with E-state index in [1.165, 1.54) is 7.11 Å². The third-order valence-electron chi connectivity index (χ3n) is 4.00. The highest BCUT2D eigenvalue weighted by molar-refractivity contribution is 5.90. The number of nitrogens with zero attached hydrogens (tertiary/aromatic N) is 1. The Morgan fingerprint density at radius 2 is 1.91 bits per heavy atom. The number of likely N-dealkylation sites (tertiary alicyclic amines) is 1. The second-order valence-electron chi connectivity index (χ2n) is 5.85. The van der Waals surface area contributed by atoms with E-state index in [4.69, 9.17) is 10.5 Å². The molecule has 0 spiro atoms. The van der Waals surface area contributed by atoms with Crippen LogP contribution in [-0.2, 0) is 20.7 Å². The molecule has 3 N–H and O–H groups in total. The Morgan fingerprint density at radius 1 is 1.26 bits per heavy atom. The van der Waals surface area contributed by atoms with Gasteiger partial charge in [-0.3, -0.25) is 9.59 Å². The highest BCUT2D eigenvalue weighted by Crippen LogP contribution is 2.12. The summed E-state index contributed by atoms with van der Waals surface area (Å²) in [5.41, 5.74) is 6.77. The second-order valence-corrected chi connectivity index (χ2v) is 5.85. The van der Waals surface area contributed by atoms with Gasteiger partial charge in [0.25, 0.3) is 0 Å². The van der Waals surface area contributed by atoms with Crippen LogP contribution in [-0.4, -0.2) is 55.6 Å². The van der Waals surface area contributed by atoms with Gasteiger partial charge in [0.2, 0.25) is 11.8 Å². The summed E-state index contributed by atoms with van der Waals surface area (Å²) in [6.07, 6.45) is 2.49. The van der Waals surface area contributed by atoms with Crippen LogP contribution in [0.4, 0.5) is 0 Å². The lowest BCUT2D eigenvalue weighted by atomic mass is 10.0. The van der Waals surface area contributed by atoms with Gasteiger partial charge < -0.3 is 20.7 Å². The minimum absolute atomic E-state index is 0.0377. The van der Waals surface area contributed by atoms with Crippen LogP contribution in [0.15, 0.2) is 30.3 Å². The van der Waals surface area contributed by atoms with Crippen molar-refractivity contribution < 1.29 is 14.3 Å². The number of carbonyl (C=O) groups excluding carboxylic acids is 2. The molecule has 2 rings (SSSR count). The molecule has 0 aromatic heterocycles. The third-order valence-corrected chi connectivity index (χ3v) is 4.00. The van der Waals surface area contributed by atoms with E-state index < -0.39 is 12.1 Å². The lowest BCUT2D eigenvalue weighted by Crippen LogP contribution is -2.54. The zero-order valence-electron chi connectivity index (χ0n) is 13.5. The van der Waals surface area contributed by atoms with Crippen LogP contribution in [0, 0.1) is 0 Å². The van der Waals surface area contributed by atoms with E-state index in [-0.39, 0.29) is 18.4 Å². The predicted octanol–water partition coefficient (Wildman–Crippen LogP) is 0.310. The van der Waals surface area contributed by atoms with Crippen LogP contribution in [0.5, 0.6) is 0 Å². The molecule has 1 saturated heterocycles. The quantitative estimate of drug-likeness (QED) is 0.757. The van der Waals surface area contributed by atoms with Crippen molar-refractivity contribution in [3.63, 3.8) is 0 Å². The normalized spacial score (nSPS) is 16.9. The summed E-state index contributed by atoms with van der Waals surface area (Å²) in [6, 6.07) is 8.30. The van der Waals surface area contributed by atoms with Crippen molar-refractivity contribution in [1.82, 2.24) is 10.2 Å². The van der Waals surface area contributed by atoms with Crippen LogP contribution in [0.2, 0.25) is 0 Å². The maximum atomic E-state index is 12.7. The molecule has 23 heavy (non-hydrogen) atoms. The van der Waals surface area contributed by atoms with Crippen molar-refractivity contribution in [2.75, 3.05) is 26.8 Å². The monoisotopic (exact) mass is 319 g/mol. The molecule has 1 heterocycles. The number of methoxy groups -OCH3 is 1. The van der Waals surface area contributed by atoms with Crippen molar-refractivity contribution in [1.29, 1.82) is 0 Å². The van der Waals surface area contributed by atoms with Gasteiger partial charge in [-0.1, -0.05) is 30.3 Å². The van der Waals surface area contributed by atoms with Crippen molar-refractivity contribution in [3.05, 3.63) is 35.9 Å². The molecule has 1 fully saturated rings. The summed E-state index contributed by atoms with van der Waals surface area (Å²) in [5.74, 6) is -0.398. The summed E-state index contributed by atoms with van der Waals surface area (Å²) in [5, 5.41) is 2.79. The first kappa shape index (κ1) is 17.4. The highest BCUT2D eigenvalue weighted by Gasteiger charge is 2.29. The number of hydrogen-bond acceptors (Lipinski definition) is 4. The average Bonchev–Trinajstić information content (AvgIpc) is 3.09. The van der Waals surface area contributed by atoms with Gasteiger partial charge in [0, 0.05) is 26.6 Å². The first-order valence-corrected chi connectivity index (χ1v) is 7.99. The van der Waals surface area contributed by atoms with E-state index >= 15 is 0 Å². The number of amides is 2. The lowest BCUT2D eigenvalue weighted by molar-refractivity contribution is -0.136. The number of hydrogen-bond donors (Lipinski definition) is 2. The zero-order chi connectivity index (χ0) is 16.7. The Hall–Kier alpha value is -1.92. The molecular weight excluding hydrogens is 294 g/mol. The molecule has 1 aliphatic heterocycles. The van der Waals surface area contributed by atoms with Crippen LogP contribution in [0.25, 0.3) is 0 Å². The fourth-order valence-corrected chi connectivity index (χ4v) is 2.74. The Kier molecular flexibility index (Phi) is 6.55. The Labute approximate surface area is 137 Å². The highest BCUT2D eigenvalue weighted by atomic mass is 16.5. The van der Waals surface area contributed by atoms with Crippen LogP contribution < -0.4 is 11.1 Å². The number of nitrogens with two attached hydrogens (primary N) is 1. The van der Waals surface area contributed by atoms with E-state index in [2.05, 4.69) is 5.32 Å². The van der Waals surface area contributed by atoms with Gasteiger partial charge >= 0.3 is 0 Å². The maximum absolute atomic E-state index is 12.7. The minimum Gasteiger partial charge on any atom is -0.383 e. The molecule has 2 amide bonds. The molecule has 0 saturated carbocycles. The first-order valence-electron chi connectivity index (χ1n) is 7.99. The second kappa shape index (κ2) is 8.64. The first-order chi connectivity index (χ1) is 11.1. The topological polar surface area (TPSA) is 84.7 Å². The third kappa shape index (κ3) is 5.04. The van der Waals surface area contributed by atoms with Crippen LogP contribution in [0.3, 0.4) is 0 Å². The lowest BCUT2D eigenvalue weighted by Gasteiger charge is -2.25. The van der Waals surface area contributed by atoms with Crippen molar-refractivity contribution in [2.45, 2.75) is 31.3 Å². The molecule has 6 heteroatoms. The van der Waals surface area contributed by atoms with Crippen molar-refractivity contribution in [3.8, 4) is 0 Å². The van der Waals surface area contributed by atoms with E-state index in [1.54, 1.807) is 0 Å². The molecule has 0 bridgehead atoms. The van der Waals surface area contributed by atoms with E-state index in [0.717, 1.165) is 31.5 Å². The van der Waals surface area contributed by atoms with Gasteiger partial charge in [-0.15, -0.1) is 0 Å². The van der Waals surface area contributed by atoms with Gasteiger partial charge in [-0.05, 0) is 18.4 Å². The summed E-state index contributed by atoms with van der Waals surface area (Å²) < 4.78 is 4.90. The SMILES string of the molecule is COCC(N)C(=O)NC(Cc1ccccc1)C(=O)N1CCCC1. The van der Waals surface area contributed by atoms with Gasteiger partial charge in [0.05, 0.1) is 6.61 Å². The summed E-state index contributed by atoms with van der Waals surface area (Å²) >= 11 is 0. The average molecular weight is 319 g/mol. The smallest absolute Gasteiger partial charge is 0.245 e. The van der Waals surface area contributed by atoms with Crippen LogP contribution >= 0.6 is 0 Å². The summed E-state index contributed by atoms with van der Waals surface area (Å²) in [4.78, 5) is 26.7. The number of ether oxygens (including phenoxy) is 1. The largest absolute Gasteiger partial charge is 0.383 e. The molecule has 2 atom stereocenters. The minimum atomic E-state index is -0.773.